The molecule has 0 aromatic rings. The number of rotatable bonds is 0. The molecular formula is C11H15NO2. The van der Waals surface area contributed by atoms with Gasteiger partial charge >= 0.3 is 0 Å². The molecule has 3 nitrogen and oxygen atoms in total. The van der Waals surface area contributed by atoms with Crippen molar-refractivity contribution in [1.29, 1.82) is 5.26 Å². The van der Waals surface area contributed by atoms with Gasteiger partial charge in [-0.25, -0.2) is 0 Å². The number of aliphatic hydroxyl groups is 1. The van der Waals surface area contributed by atoms with Crippen LogP contribution in [0.1, 0.15) is 33.1 Å². The van der Waals surface area contributed by atoms with Gasteiger partial charge in [0.25, 0.3) is 0 Å². The molecule has 0 heterocycles. The first-order valence-electron chi connectivity index (χ1n) is 5.08. The van der Waals surface area contributed by atoms with Crippen LogP contribution >= 0.6 is 0 Å². The Morgan fingerprint density at radius 2 is 2.21 bits per heavy atom. The van der Waals surface area contributed by atoms with Crippen LogP contribution in [0.25, 0.3) is 0 Å². The lowest BCUT2D eigenvalue weighted by Gasteiger charge is -2.36. The largest absolute Gasteiger partial charge is 0.390 e. The molecular weight excluding hydrogens is 178 g/mol. The van der Waals surface area contributed by atoms with Gasteiger partial charge < -0.3 is 5.11 Å². The van der Waals surface area contributed by atoms with Gasteiger partial charge in [0.1, 0.15) is 5.41 Å². The molecule has 3 heteroatoms. The molecule has 0 amide bonds. The van der Waals surface area contributed by atoms with Crippen molar-refractivity contribution in [2.45, 2.75) is 38.7 Å². The fraction of sp³-hybridized carbons (Fsp3) is 0.818. The standard InChI is InChI=1S/C11H15NO2/c1-7-8-3-10(2,14)5-11(4-8,6-12)9(7)13/h7-8,14H,3-5H2,1-2H3. The molecule has 4 unspecified atom stereocenters. The molecule has 0 aliphatic heterocycles. The second-order valence-electron chi connectivity index (χ2n) is 5.19. The summed E-state index contributed by atoms with van der Waals surface area (Å²) in [5, 5.41) is 19.1. The van der Waals surface area contributed by atoms with Crippen LogP contribution in [0.4, 0.5) is 0 Å². The number of nitriles is 1. The fourth-order valence-electron chi connectivity index (χ4n) is 3.21. The highest BCUT2D eigenvalue weighted by Crippen LogP contribution is 2.54. The first-order valence-corrected chi connectivity index (χ1v) is 5.08. The maximum atomic E-state index is 11.9. The smallest absolute Gasteiger partial charge is 0.156 e. The Morgan fingerprint density at radius 1 is 1.57 bits per heavy atom. The molecule has 76 valence electrons. The summed E-state index contributed by atoms with van der Waals surface area (Å²) in [6.07, 6.45) is 1.62. The monoisotopic (exact) mass is 193 g/mol. The van der Waals surface area contributed by atoms with Crippen LogP contribution in [0, 0.1) is 28.6 Å². The average molecular weight is 193 g/mol. The third kappa shape index (κ3) is 1.10. The van der Waals surface area contributed by atoms with Gasteiger partial charge in [0.2, 0.25) is 0 Å². The lowest BCUT2D eigenvalue weighted by atomic mass is 9.69. The minimum absolute atomic E-state index is 0.0442. The molecule has 0 saturated heterocycles. The molecule has 2 bridgehead atoms. The summed E-state index contributed by atoms with van der Waals surface area (Å²) in [6.45, 7) is 3.62. The van der Waals surface area contributed by atoms with Gasteiger partial charge in [0.15, 0.2) is 5.78 Å². The van der Waals surface area contributed by atoms with E-state index in [1.807, 2.05) is 6.92 Å². The molecule has 14 heavy (non-hydrogen) atoms. The Labute approximate surface area is 83.7 Å². The number of nitrogens with zero attached hydrogens (tertiary/aromatic N) is 1. The minimum atomic E-state index is -0.883. The first-order chi connectivity index (χ1) is 6.40. The van der Waals surface area contributed by atoms with E-state index in [0.717, 1.165) is 0 Å². The van der Waals surface area contributed by atoms with Crippen molar-refractivity contribution >= 4 is 5.78 Å². The molecule has 2 rings (SSSR count). The predicted octanol–water partition coefficient (Wildman–Crippen LogP) is 1.27. The van der Waals surface area contributed by atoms with Crippen LogP contribution < -0.4 is 0 Å². The second kappa shape index (κ2) is 2.58. The highest BCUT2D eigenvalue weighted by atomic mass is 16.3. The first kappa shape index (κ1) is 9.67. The lowest BCUT2D eigenvalue weighted by Crippen LogP contribution is -2.40. The number of hydrogen-bond acceptors (Lipinski definition) is 3. The molecule has 4 atom stereocenters. The van der Waals surface area contributed by atoms with Crippen molar-refractivity contribution in [2.24, 2.45) is 17.3 Å². The Hall–Kier alpha value is -0.880. The number of ketones is 1. The predicted molar refractivity (Wildman–Crippen MR) is 50.2 cm³/mol. The number of hydrogen-bond donors (Lipinski definition) is 1. The van der Waals surface area contributed by atoms with E-state index in [2.05, 4.69) is 6.07 Å². The number of fused-ring (bicyclic) bond motifs is 2. The molecule has 0 spiro atoms. The molecule has 1 N–H and O–H groups in total. The van der Waals surface area contributed by atoms with Crippen molar-refractivity contribution in [3.63, 3.8) is 0 Å². The maximum Gasteiger partial charge on any atom is 0.156 e. The van der Waals surface area contributed by atoms with Gasteiger partial charge in [0.05, 0.1) is 11.7 Å². The molecule has 0 aromatic carbocycles. The van der Waals surface area contributed by atoms with Crippen molar-refractivity contribution < 1.29 is 9.90 Å². The molecule has 2 aliphatic carbocycles. The van der Waals surface area contributed by atoms with Crippen LogP contribution in [-0.2, 0) is 4.79 Å². The van der Waals surface area contributed by atoms with Crippen LogP contribution in [0.5, 0.6) is 0 Å². The zero-order valence-electron chi connectivity index (χ0n) is 8.58. The van der Waals surface area contributed by atoms with Crippen LogP contribution in [-0.4, -0.2) is 16.5 Å². The highest BCUT2D eigenvalue weighted by molar-refractivity contribution is 5.92. The van der Waals surface area contributed by atoms with E-state index >= 15 is 0 Å². The lowest BCUT2D eigenvalue weighted by molar-refractivity contribution is -0.127. The zero-order valence-corrected chi connectivity index (χ0v) is 8.58. The normalized spacial score (nSPS) is 51.7. The summed E-state index contributed by atoms with van der Waals surface area (Å²) >= 11 is 0. The molecule has 2 aliphatic rings. The van der Waals surface area contributed by atoms with Gasteiger partial charge in [-0.15, -0.1) is 0 Å². The summed E-state index contributed by atoms with van der Waals surface area (Å²) in [6, 6.07) is 2.14. The van der Waals surface area contributed by atoms with Crippen molar-refractivity contribution in [1.82, 2.24) is 0 Å². The Bertz CT molecular complexity index is 329. The van der Waals surface area contributed by atoms with E-state index in [0.29, 0.717) is 19.3 Å². The Kier molecular flexibility index (Phi) is 1.78. The van der Waals surface area contributed by atoms with E-state index in [4.69, 9.17) is 5.26 Å². The quantitative estimate of drug-likeness (QED) is 0.630. The van der Waals surface area contributed by atoms with Crippen molar-refractivity contribution in [2.75, 3.05) is 0 Å². The van der Waals surface area contributed by atoms with Gasteiger partial charge in [-0.2, -0.15) is 5.26 Å². The van der Waals surface area contributed by atoms with E-state index in [9.17, 15) is 9.90 Å². The minimum Gasteiger partial charge on any atom is -0.390 e. The summed E-state index contributed by atoms with van der Waals surface area (Å²) in [7, 11) is 0. The molecule has 2 fully saturated rings. The van der Waals surface area contributed by atoms with E-state index in [1.165, 1.54) is 0 Å². The van der Waals surface area contributed by atoms with E-state index in [1.54, 1.807) is 6.92 Å². The molecule has 0 radical (unpaired) electrons. The molecule has 2 saturated carbocycles. The summed E-state index contributed by atoms with van der Waals surface area (Å²) in [5.74, 6) is 0.192. The summed E-state index contributed by atoms with van der Waals surface area (Å²) < 4.78 is 0. The van der Waals surface area contributed by atoms with Crippen molar-refractivity contribution in [3.8, 4) is 6.07 Å². The summed E-state index contributed by atoms with van der Waals surface area (Å²) in [4.78, 5) is 11.9. The van der Waals surface area contributed by atoms with Crippen LogP contribution in [0.3, 0.4) is 0 Å². The topological polar surface area (TPSA) is 61.1 Å². The van der Waals surface area contributed by atoms with Gasteiger partial charge in [-0.05, 0) is 25.7 Å². The number of carbonyl (C=O) groups is 1. The fourth-order valence-corrected chi connectivity index (χ4v) is 3.21. The Balaban J connectivity index is 2.42. The van der Waals surface area contributed by atoms with Gasteiger partial charge in [0, 0.05) is 12.3 Å². The molecule has 0 aromatic heterocycles. The number of Topliss-reactive ketones (excluding diaryl/α,β-unsaturated/α-hetero) is 1. The second-order valence-corrected chi connectivity index (χ2v) is 5.19. The van der Waals surface area contributed by atoms with Crippen molar-refractivity contribution in [3.05, 3.63) is 0 Å². The Morgan fingerprint density at radius 3 is 2.79 bits per heavy atom. The zero-order chi connectivity index (χ0) is 10.6. The summed E-state index contributed by atoms with van der Waals surface area (Å²) in [5.41, 5.74) is -1.72. The van der Waals surface area contributed by atoms with E-state index in [-0.39, 0.29) is 17.6 Å². The SMILES string of the molecule is CC1C(=O)C2(C#N)CC1CC(C)(O)C2. The van der Waals surface area contributed by atoms with Gasteiger partial charge in [-0.1, -0.05) is 6.92 Å². The van der Waals surface area contributed by atoms with Crippen LogP contribution in [0.15, 0.2) is 0 Å². The average Bonchev–Trinajstić information content (AvgIpc) is 2.28. The third-order valence-electron chi connectivity index (χ3n) is 3.80. The van der Waals surface area contributed by atoms with Crippen LogP contribution in [0.2, 0.25) is 0 Å². The third-order valence-corrected chi connectivity index (χ3v) is 3.80. The number of carbonyl (C=O) groups excluding carboxylic acids is 1. The van der Waals surface area contributed by atoms with Gasteiger partial charge in [-0.3, -0.25) is 4.79 Å². The maximum absolute atomic E-state index is 11.9. The van der Waals surface area contributed by atoms with E-state index < -0.39 is 11.0 Å². The highest BCUT2D eigenvalue weighted by Gasteiger charge is 2.58.